The van der Waals surface area contributed by atoms with Crippen LogP contribution in [0.3, 0.4) is 0 Å². The molecule has 18 heavy (non-hydrogen) atoms. The van der Waals surface area contributed by atoms with E-state index in [2.05, 4.69) is 0 Å². The fraction of sp³-hybridized carbons (Fsp3) is 0.933. The van der Waals surface area contributed by atoms with Crippen molar-refractivity contribution in [3.8, 4) is 0 Å². The normalized spacial score (nSPS) is 49.1. The van der Waals surface area contributed by atoms with E-state index in [1.165, 1.54) is 32.1 Å². The van der Waals surface area contributed by atoms with Crippen LogP contribution in [0.5, 0.6) is 0 Å². The van der Waals surface area contributed by atoms with E-state index in [1.807, 2.05) is 0 Å². The van der Waals surface area contributed by atoms with Gasteiger partial charge >= 0.3 is 5.97 Å². The van der Waals surface area contributed by atoms with Crippen LogP contribution < -0.4 is 5.73 Å². The Hall–Kier alpha value is -0.570. The molecule has 5 saturated carbocycles. The van der Waals surface area contributed by atoms with Gasteiger partial charge in [-0.25, -0.2) is 0 Å². The third-order valence-corrected chi connectivity index (χ3v) is 6.60. The highest BCUT2D eigenvalue weighted by atomic mass is 16.4. The van der Waals surface area contributed by atoms with E-state index in [9.17, 15) is 9.90 Å². The minimum Gasteiger partial charge on any atom is -0.480 e. The molecule has 5 aliphatic rings. The molecular weight excluding hydrogens is 226 g/mol. The monoisotopic (exact) mass is 249 g/mol. The summed E-state index contributed by atoms with van der Waals surface area (Å²) in [6, 6.07) is -0.611. The zero-order valence-corrected chi connectivity index (χ0v) is 10.8. The summed E-state index contributed by atoms with van der Waals surface area (Å²) in [4.78, 5) is 11.3. The minimum atomic E-state index is -0.777. The second kappa shape index (κ2) is 3.50. The van der Waals surface area contributed by atoms with Crippen LogP contribution in [0.25, 0.3) is 0 Å². The minimum absolute atomic E-state index is 0.0194. The maximum absolute atomic E-state index is 11.3. The maximum atomic E-state index is 11.3. The Morgan fingerprint density at radius 3 is 1.94 bits per heavy atom. The standard InChI is InChI=1S/C15H23NO2/c16-13(14(17)18)15(1-2-15)12-10-4-8-3-9(6-10)7-11(12)5-8/h8-13H,1-7,16H2,(H,17,18). The second-order valence-electron chi connectivity index (χ2n) is 7.51. The molecule has 0 aliphatic heterocycles. The third-order valence-electron chi connectivity index (χ3n) is 6.60. The molecule has 0 amide bonds. The van der Waals surface area contributed by atoms with Gasteiger partial charge in [-0.1, -0.05) is 0 Å². The van der Waals surface area contributed by atoms with Gasteiger partial charge in [0.1, 0.15) is 6.04 Å². The molecule has 0 aromatic rings. The Labute approximate surface area is 108 Å². The van der Waals surface area contributed by atoms with Crippen molar-refractivity contribution in [2.45, 2.75) is 51.0 Å². The van der Waals surface area contributed by atoms with Gasteiger partial charge in [0.05, 0.1) is 0 Å². The van der Waals surface area contributed by atoms with E-state index < -0.39 is 12.0 Å². The average molecular weight is 249 g/mol. The van der Waals surface area contributed by atoms with Gasteiger partial charge in [-0.2, -0.15) is 0 Å². The van der Waals surface area contributed by atoms with Crippen molar-refractivity contribution in [2.75, 3.05) is 0 Å². The maximum Gasteiger partial charge on any atom is 0.321 e. The van der Waals surface area contributed by atoms with Crippen molar-refractivity contribution in [3.05, 3.63) is 0 Å². The molecule has 3 N–H and O–H groups in total. The van der Waals surface area contributed by atoms with Crippen LogP contribution in [0.2, 0.25) is 0 Å². The molecule has 0 spiro atoms. The van der Waals surface area contributed by atoms with Crippen molar-refractivity contribution in [1.82, 2.24) is 0 Å². The quantitative estimate of drug-likeness (QED) is 0.806. The van der Waals surface area contributed by atoms with Crippen LogP contribution in [0.4, 0.5) is 0 Å². The van der Waals surface area contributed by atoms with E-state index in [0.29, 0.717) is 5.92 Å². The van der Waals surface area contributed by atoms with Gasteiger partial charge in [0.15, 0.2) is 0 Å². The summed E-state index contributed by atoms with van der Waals surface area (Å²) >= 11 is 0. The van der Waals surface area contributed by atoms with Gasteiger partial charge in [-0.15, -0.1) is 0 Å². The molecule has 0 heterocycles. The highest BCUT2D eigenvalue weighted by Gasteiger charge is 2.63. The lowest BCUT2D eigenvalue weighted by atomic mass is 9.48. The van der Waals surface area contributed by atoms with E-state index in [-0.39, 0.29) is 5.41 Å². The summed E-state index contributed by atoms with van der Waals surface area (Å²) in [5.74, 6) is 3.38. The molecule has 0 aromatic heterocycles. The van der Waals surface area contributed by atoms with Gasteiger partial charge < -0.3 is 10.8 Å². The Morgan fingerprint density at radius 2 is 1.56 bits per heavy atom. The smallest absolute Gasteiger partial charge is 0.321 e. The Kier molecular flexibility index (Phi) is 2.19. The molecular formula is C15H23NO2. The number of hydrogen-bond acceptors (Lipinski definition) is 2. The van der Waals surface area contributed by atoms with E-state index in [1.54, 1.807) is 0 Å². The molecule has 0 aromatic carbocycles. The molecule has 0 saturated heterocycles. The van der Waals surface area contributed by atoms with Gasteiger partial charge in [-0.3, -0.25) is 4.79 Å². The van der Waals surface area contributed by atoms with Gasteiger partial charge in [0.25, 0.3) is 0 Å². The van der Waals surface area contributed by atoms with Crippen LogP contribution >= 0.6 is 0 Å². The molecule has 3 nitrogen and oxygen atoms in total. The Balaban J connectivity index is 1.63. The predicted octanol–water partition coefficient (Wildman–Crippen LogP) is 2.25. The number of hydrogen-bond donors (Lipinski definition) is 2. The summed E-state index contributed by atoms with van der Waals surface area (Å²) in [6.07, 6.45) is 9.05. The first-order valence-electron chi connectivity index (χ1n) is 7.58. The van der Waals surface area contributed by atoms with Crippen LogP contribution in [-0.4, -0.2) is 17.1 Å². The lowest BCUT2D eigenvalue weighted by Gasteiger charge is -2.57. The number of nitrogens with two attached hydrogens (primary N) is 1. The van der Waals surface area contributed by atoms with Crippen molar-refractivity contribution in [2.24, 2.45) is 40.7 Å². The largest absolute Gasteiger partial charge is 0.480 e. The zero-order chi connectivity index (χ0) is 12.5. The van der Waals surface area contributed by atoms with Crippen LogP contribution in [-0.2, 0) is 4.79 Å². The first-order valence-corrected chi connectivity index (χ1v) is 7.58. The number of rotatable bonds is 3. The van der Waals surface area contributed by atoms with E-state index in [4.69, 9.17) is 5.73 Å². The van der Waals surface area contributed by atoms with Crippen molar-refractivity contribution in [1.29, 1.82) is 0 Å². The molecule has 1 atom stereocenters. The molecule has 4 bridgehead atoms. The van der Waals surface area contributed by atoms with E-state index in [0.717, 1.165) is 36.5 Å². The van der Waals surface area contributed by atoms with Gasteiger partial charge in [0, 0.05) is 0 Å². The van der Waals surface area contributed by atoms with Crippen LogP contribution in [0, 0.1) is 35.0 Å². The fourth-order valence-corrected chi connectivity index (χ4v) is 6.11. The molecule has 3 heteroatoms. The number of carboxylic acid groups (broad SMARTS) is 1. The summed E-state index contributed by atoms with van der Waals surface area (Å²) in [7, 11) is 0. The summed E-state index contributed by atoms with van der Waals surface area (Å²) in [5.41, 5.74) is 6.02. The van der Waals surface area contributed by atoms with Crippen LogP contribution in [0.15, 0.2) is 0 Å². The fourth-order valence-electron chi connectivity index (χ4n) is 6.11. The molecule has 5 rings (SSSR count). The lowest BCUT2D eigenvalue weighted by molar-refractivity contribution is -0.144. The third kappa shape index (κ3) is 1.37. The SMILES string of the molecule is NC(C(=O)O)C1(C2C3CC4CC(C3)CC2C4)CC1. The summed E-state index contributed by atoms with van der Waals surface area (Å²) < 4.78 is 0. The van der Waals surface area contributed by atoms with Crippen molar-refractivity contribution >= 4 is 5.97 Å². The van der Waals surface area contributed by atoms with Crippen LogP contribution in [0.1, 0.15) is 44.9 Å². The van der Waals surface area contributed by atoms with Crippen molar-refractivity contribution in [3.63, 3.8) is 0 Å². The summed E-state index contributed by atoms with van der Waals surface area (Å²) in [6.45, 7) is 0. The first kappa shape index (κ1) is 11.3. The van der Waals surface area contributed by atoms with Gasteiger partial charge in [-0.05, 0) is 80.0 Å². The number of carboxylic acids is 1. The number of aliphatic carboxylic acids is 1. The van der Waals surface area contributed by atoms with Gasteiger partial charge in [0.2, 0.25) is 0 Å². The topological polar surface area (TPSA) is 63.3 Å². The molecule has 1 unspecified atom stereocenters. The molecule has 0 radical (unpaired) electrons. The van der Waals surface area contributed by atoms with E-state index >= 15 is 0 Å². The summed E-state index contributed by atoms with van der Waals surface area (Å²) in [5, 5.41) is 9.29. The first-order chi connectivity index (χ1) is 8.60. The average Bonchev–Trinajstić information content (AvgIpc) is 3.08. The predicted molar refractivity (Wildman–Crippen MR) is 67.8 cm³/mol. The second-order valence-corrected chi connectivity index (χ2v) is 7.51. The highest BCUT2D eigenvalue weighted by molar-refractivity contribution is 5.75. The molecule has 5 fully saturated rings. The Morgan fingerprint density at radius 1 is 1.06 bits per heavy atom. The lowest BCUT2D eigenvalue weighted by Crippen LogP contribution is -2.54. The number of carbonyl (C=O) groups is 1. The zero-order valence-electron chi connectivity index (χ0n) is 10.8. The molecule has 5 aliphatic carbocycles. The van der Waals surface area contributed by atoms with Crippen molar-refractivity contribution < 1.29 is 9.90 Å². The Bertz CT molecular complexity index is 360. The molecule has 100 valence electrons. The highest BCUT2D eigenvalue weighted by Crippen LogP contribution is 2.68.